The first-order chi connectivity index (χ1) is 13.2. The molecule has 1 aromatic heterocycles. The third kappa shape index (κ3) is 4.28. The van der Waals surface area contributed by atoms with E-state index >= 15 is 0 Å². The molecule has 0 radical (unpaired) electrons. The van der Waals surface area contributed by atoms with Gasteiger partial charge in [-0.1, -0.05) is 24.3 Å². The van der Waals surface area contributed by atoms with E-state index in [0.29, 0.717) is 11.3 Å². The molecule has 0 aliphatic heterocycles. The number of ether oxygens (including phenoxy) is 1. The molecule has 0 unspecified atom stereocenters. The molecule has 0 aliphatic carbocycles. The summed E-state index contributed by atoms with van der Waals surface area (Å²) in [6, 6.07) is 14.9. The molecule has 1 amide bonds. The van der Waals surface area contributed by atoms with E-state index in [1.54, 1.807) is 30.6 Å². The van der Waals surface area contributed by atoms with Gasteiger partial charge in [-0.05, 0) is 38.1 Å². The number of carbonyl (C=O) groups excluding carboxylic acids is 1. The Kier molecular flexibility index (Phi) is 6.08. The SMILES string of the molecule is CCN(CC)c1nc(-c2cccc(NC(=O)c3ccccc3OC)c2)cs1. The summed E-state index contributed by atoms with van der Waals surface area (Å²) >= 11 is 1.63. The first kappa shape index (κ1) is 18.9. The van der Waals surface area contributed by atoms with Crippen LogP contribution in [0.15, 0.2) is 53.9 Å². The summed E-state index contributed by atoms with van der Waals surface area (Å²) in [5, 5.41) is 6.00. The molecule has 27 heavy (non-hydrogen) atoms. The maximum Gasteiger partial charge on any atom is 0.259 e. The topological polar surface area (TPSA) is 54.5 Å². The van der Waals surface area contributed by atoms with Crippen molar-refractivity contribution in [3.05, 3.63) is 59.5 Å². The van der Waals surface area contributed by atoms with Crippen molar-refractivity contribution in [1.82, 2.24) is 4.98 Å². The van der Waals surface area contributed by atoms with Gasteiger partial charge in [0.25, 0.3) is 5.91 Å². The first-order valence-electron chi connectivity index (χ1n) is 8.91. The van der Waals surface area contributed by atoms with E-state index in [1.165, 1.54) is 0 Å². The van der Waals surface area contributed by atoms with E-state index in [9.17, 15) is 4.79 Å². The Balaban J connectivity index is 1.81. The van der Waals surface area contributed by atoms with Crippen molar-refractivity contribution in [1.29, 1.82) is 0 Å². The van der Waals surface area contributed by atoms with Gasteiger partial charge in [0.15, 0.2) is 5.13 Å². The summed E-state index contributed by atoms with van der Waals surface area (Å²) in [5.74, 6) is 0.348. The number of hydrogen-bond donors (Lipinski definition) is 1. The van der Waals surface area contributed by atoms with Crippen molar-refractivity contribution in [2.24, 2.45) is 0 Å². The highest BCUT2D eigenvalue weighted by Crippen LogP contribution is 2.29. The summed E-state index contributed by atoms with van der Waals surface area (Å²) in [6.07, 6.45) is 0. The lowest BCUT2D eigenvalue weighted by Gasteiger charge is -2.16. The van der Waals surface area contributed by atoms with Gasteiger partial charge in [-0.15, -0.1) is 11.3 Å². The molecule has 1 N–H and O–H groups in total. The molecule has 0 saturated heterocycles. The van der Waals surface area contributed by atoms with Crippen molar-refractivity contribution < 1.29 is 9.53 Å². The summed E-state index contributed by atoms with van der Waals surface area (Å²) in [6.45, 7) is 6.11. The third-order valence-electron chi connectivity index (χ3n) is 4.29. The lowest BCUT2D eigenvalue weighted by atomic mass is 10.1. The molecule has 3 aromatic rings. The standard InChI is InChI=1S/C21H23N3O2S/c1-4-24(5-2)21-23-18(14-27-21)15-9-8-10-16(13-15)22-20(25)17-11-6-7-12-19(17)26-3/h6-14H,4-5H2,1-3H3,(H,22,25). The van der Waals surface area contributed by atoms with E-state index in [0.717, 1.165) is 35.2 Å². The van der Waals surface area contributed by atoms with Gasteiger partial charge < -0.3 is 15.0 Å². The number of nitrogens with zero attached hydrogens (tertiary/aromatic N) is 2. The monoisotopic (exact) mass is 381 g/mol. The number of hydrogen-bond acceptors (Lipinski definition) is 5. The molecule has 0 bridgehead atoms. The molecule has 0 saturated carbocycles. The smallest absolute Gasteiger partial charge is 0.259 e. The minimum absolute atomic E-state index is 0.202. The summed E-state index contributed by atoms with van der Waals surface area (Å²) in [4.78, 5) is 19.6. The molecule has 0 fully saturated rings. The number of para-hydroxylation sites is 1. The van der Waals surface area contributed by atoms with Gasteiger partial charge in [0.05, 0.1) is 18.4 Å². The molecule has 140 valence electrons. The number of benzene rings is 2. The van der Waals surface area contributed by atoms with Crippen LogP contribution in [-0.2, 0) is 0 Å². The van der Waals surface area contributed by atoms with Crippen LogP contribution in [0.3, 0.4) is 0 Å². The molecule has 0 aliphatic rings. The van der Waals surface area contributed by atoms with Crippen molar-refractivity contribution in [3.63, 3.8) is 0 Å². The number of aromatic nitrogens is 1. The van der Waals surface area contributed by atoms with Crippen LogP contribution in [0.2, 0.25) is 0 Å². The molecule has 2 aromatic carbocycles. The van der Waals surface area contributed by atoms with Crippen molar-refractivity contribution in [3.8, 4) is 17.0 Å². The van der Waals surface area contributed by atoms with Crippen LogP contribution in [0.1, 0.15) is 24.2 Å². The van der Waals surface area contributed by atoms with Gasteiger partial charge >= 0.3 is 0 Å². The quantitative estimate of drug-likeness (QED) is 0.631. The van der Waals surface area contributed by atoms with E-state index in [1.807, 2.05) is 36.4 Å². The van der Waals surface area contributed by atoms with Gasteiger partial charge in [0.1, 0.15) is 5.75 Å². The average molecular weight is 382 g/mol. The van der Waals surface area contributed by atoms with Crippen LogP contribution in [0.5, 0.6) is 5.75 Å². The zero-order valence-corrected chi connectivity index (χ0v) is 16.5. The highest BCUT2D eigenvalue weighted by Gasteiger charge is 2.13. The lowest BCUT2D eigenvalue weighted by Crippen LogP contribution is -2.21. The average Bonchev–Trinajstić information content (AvgIpc) is 3.19. The maximum absolute atomic E-state index is 12.6. The molecule has 1 heterocycles. The first-order valence-corrected chi connectivity index (χ1v) is 9.79. The fourth-order valence-electron chi connectivity index (χ4n) is 2.82. The Hall–Kier alpha value is -2.86. The minimum atomic E-state index is -0.202. The number of nitrogens with one attached hydrogen (secondary N) is 1. The zero-order valence-electron chi connectivity index (χ0n) is 15.7. The van der Waals surface area contributed by atoms with Crippen molar-refractivity contribution >= 4 is 28.1 Å². The van der Waals surface area contributed by atoms with Crippen molar-refractivity contribution in [2.75, 3.05) is 30.4 Å². The predicted molar refractivity (Wildman–Crippen MR) is 112 cm³/mol. The fourth-order valence-corrected chi connectivity index (χ4v) is 3.79. The van der Waals surface area contributed by atoms with Crippen LogP contribution in [-0.4, -0.2) is 31.1 Å². The minimum Gasteiger partial charge on any atom is -0.496 e. The maximum atomic E-state index is 12.6. The Morgan fingerprint density at radius 1 is 1.15 bits per heavy atom. The molecule has 0 atom stereocenters. The molecular weight excluding hydrogens is 358 g/mol. The second-order valence-corrected chi connectivity index (χ2v) is 6.76. The molecule has 5 nitrogen and oxygen atoms in total. The van der Waals surface area contributed by atoms with E-state index < -0.39 is 0 Å². The molecule has 6 heteroatoms. The second-order valence-electron chi connectivity index (χ2n) is 5.92. The van der Waals surface area contributed by atoms with Crippen LogP contribution < -0.4 is 15.0 Å². The third-order valence-corrected chi connectivity index (χ3v) is 5.20. The number of amides is 1. The van der Waals surface area contributed by atoms with Crippen LogP contribution >= 0.6 is 11.3 Å². The number of thiazole rings is 1. The molecule has 0 spiro atoms. The normalized spacial score (nSPS) is 10.5. The number of anilines is 2. The summed E-state index contributed by atoms with van der Waals surface area (Å²) < 4.78 is 5.27. The van der Waals surface area contributed by atoms with E-state index in [2.05, 4.69) is 29.4 Å². The number of carbonyl (C=O) groups is 1. The fraction of sp³-hybridized carbons (Fsp3) is 0.238. The Bertz CT molecular complexity index is 919. The second kappa shape index (κ2) is 8.68. The van der Waals surface area contributed by atoms with E-state index in [-0.39, 0.29) is 5.91 Å². The van der Waals surface area contributed by atoms with Crippen LogP contribution in [0.4, 0.5) is 10.8 Å². The largest absolute Gasteiger partial charge is 0.496 e. The van der Waals surface area contributed by atoms with Gasteiger partial charge in [-0.2, -0.15) is 0 Å². The predicted octanol–water partition coefficient (Wildman–Crippen LogP) is 4.92. The van der Waals surface area contributed by atoms with Gasteiger partial charge in [0.2, 0.25) is 0 Å². The highest BCUT2D eigenvalue weighted by atomic mass is 32.1. The number of rotatable bonds is 7. The highest BCUT2D eigenvalue weighted by molar-refractivity contribution is 7.14. The van der Waals surface area contributed by atoms with Gasteiger partial charge in [-0.25, -0.2) is 4.98 Å². The summed E-state index contributed by atoms with van der Waals surface area (Å²) in [7, 11) is 1.56. The Morgan fingerprint density at radius 2 is 1.93 bits per heavy atom. The Labute approximate surface area is 163 Å². The zero-order chi connectivity index (χ0) is 19.2. The van der Waals surface area contributed by atoms with Gasteiger partial charge in [-0.3, -0.25) is 4.79 Å². The Morgan fingerprint density at radius 3 is 2.67 bits per heavy atom. The molecule has 3 rings (SSSR count). The summed E-state index contributed by atoms with van der Waals surface area (Å²) in [5.41, 5.74) is 3.11. The number of methoxy groups -OCH3 is 1. The van der Waals surface area contributed by atoms with Crippen molar-refractivity contribution in [2.45, 2.75) is 13.8 Å². The van der Waals surface area contributed by atoms with Gasteiger partial charge in [0, 0.05) is 29.7 Å². The molecular formula is C21H23N3O2S. The van der Waals surface area contributed by atoms with E-state index in [4.69, 9.17) is 9.72 Å². The van der Waals surface area contributed by atoms with Crippen LogP contribution in [0, 0.1) is 0 Å². The van der Waals surface area contributed by atoms with Crippen LogP contribution in [0.25, 0.3) is 11.3 Å². The lowest BCUT2D eigenvalue weighted by molar-refractivity contribution is 0.102.